The van der Waals surface area contributed by atoms with Crippen LogP contribution in [0, 0.1) is 13.8 Å². The Balaban J connectivity index is 0.000000710. The fourth-order valence-electron chi connectivity index (χ4n) is 2.83. The zero-order valence-corrected chi connectivity index (χ0v) is 22.2. The quantitative estimate of drug-likeness (QED) is 0.451. The topological polar surface area (TPSA) is 75.9 Å². The predicted octanol–water partition coefficient (Wildman–Crippen LogP) is 6.78. The zero-order chi connectivity index (χ0) is 25.2. The van der Waals surface area contributed by atoms with Gasteiger partial charge in [-0.25, -0.2) is 9.97 Å². The van der Waals surface area contributed by atoms with E-state index >= 15 is 0 Å². The average molecular weight is 452 g/mol. The van der Waals surface area contributed by atoms with E-state index in [1.165, 1.54) is 16.7 Å². The van der Waals surface area contributed by atoms with Crippen molar-refractivity contribution in [3.63, 3.8) is 0 Å². The molecular formula is C28H45N5. The van der Waals surface area contributed by atoms with E-state index in [0.29, 0.717) is 11.6 Å². The van der Waals surface area contributed by atoms with Crippen LogP contribution in [0.3, 0.4) is 0 Å². The second-order valence-electron chi connectivity index (χ2n) is 7.13. The van der Waals surface area contributed by atoms with Gasteiger partial charge in [0.05, 0.1) is 17.4 Å². The molecule has 33 heavy (non-hydrogen) atoms. The Morgan fingerprint density at radius 3 is 2.00 bits per heavy atom. The number of nitrogens with zero attached hydrogens (tertiary/aromatic N) is 2. The molecule has 0 fully saturated rings. The number of hydrogen-bond acceptors (Lipinski definition) is 5. The highest BCUT2D eigenvalue weighted by Gasteiger charge is 2.13. The highest BCUT2D eigenvalue weighted by Crippen LogP contribution is 2.18. The molecule has 1 atom stereocenters. The van der Waals surface area contributed by atoms with E-state index in [1.807, 2.05) is 47.6 Å². The van der Waals surface area contributed by atoms with Crippen LogP contribution >= 0.6 is 0 Å². The minimum Gasteiger partial charge on any atom is -0.401 e. The van der Waals surface area contributed by atoms with Gasteiger partial charge in [-0.05, 0) is 40.2 Å². The van der Waals surface area contributed by atoms with Gasteiger partial charge >= 0.3 is 0 Å². The highest BCUT2D eigenvalue weighted by molar-refractivity contribution is 5.65. The molecule has 1 heterocycles. The van der Waals surface area contributed by atoms with Crippen LogP contribution in [0.4, 0.5) is 5.95 Å². The molecule has 0 saturated carbocycles. The van der Waals surface area contributed by atoms with Crippen LogP contribution in [0.5, 0.6) is 0 Å². The van der Waals surface area contributed by atoms with Crippen LogP contribution in [0.2, 0.25) is 0 Å². The van der Waals surface area contributed by atoms with E-state index in [0.717, 1.165) is 24.4 Å². The molecule has 182 valence electrons. The number of aryl methyl sites for hydroxylation is 2. The molecule has 0 bridgehead atoms. The minimum absolute atomic E-state index is 0.158. The number of aromatic nitrogens is 2. The van der Waals surface area contributed by atoms with Gasteiger partial charge in [0.1, 0.15) is 0 Å². The molecule has 1 aliphatic rings. The van der Waals surface area contributed by atoms with Gasteiger partial charge in [-0.15, -0.1) is 0 Å². The summed E-state index contributed by atoms with van der Waals surface area (Å²) in [6.07, 6.45) is 9.25. The number of benzene rings is 1. The lowest BCUT2D eigenvalue weighted by molar-refractivity contribution is 0.847. The number of nitrogens with two attached hydrogens (primary N) is 1. The number of hydrogen-bond donors (Lipinski definition) is 3. The number of nitrogens with one attached hydrogen (secondary N) is 2. The third-order valence-corrected chi connectivity index (χ3v) is 4.49. The Hall–Kier alpha value is -3.08. The van der Waals surface area contributed by atoms with Crippen LogP contribution in [0.1, 0.15) is 71.7 Å². The van der Waals surface area contributed by atoms with Gasteiger partial charge in [-0.2, -0.15) is 0 Å². The van der Waals surface area contributed by atoms with E-state index < -0.39 is 0 Å². The lowest BCUT2D eigenvalue weighted by Gasteiger charge is -2.16. The molecule has 2 aromatic rings. The molecular weight excluding hydrogens is 406 g/mol. The summed E-state index contributed by atoms with van der Waals surface area (Å²) in [5, 5.41) is 6.55. The fourth-order valence-corrected chi connectivity index (χ4v) is 2.83. The van der Waals surface area contributed by atoms with Crippen molar-refractivity contribution in [2.75, 3.05) is 11.9 Å². The lowest BCUT2D eigenvalue weighted by atomic mass is 10.2. The number of anilines is 1. The molecule has 1 unspecified atom stereocenters. The SMILES string of the molecule is CC.CC.CCNc1nccc(/C(NC2C=CC(CC)=C2)=C(\C)N)n1.Cc1ccc(C)cc1. The van der Waals surface area contributed by atoms with Crippen LogP contribution in [0.15, 0.2) is 66.0 Å². The van der Waals surface area contributed by atoms with E-state index in [-0.39, 0.29) is 6.04 Å². The van der Waals surface area contributed by atoms with Crippen LogP contribution in [0.25, 0.3) is 5.70 Å². The zero-order valence-electron chi connectivity index (χ0n) is 22.2. The van der Waals surface area contributed by atoms with Gasteiger partial charge in [-0.3, -0.25) is 0 Å². The molecule has 3 rings (SSSR count). The summed E-state index contributed by atoms with van der Waals surface area (Å²) in [5.41, 5.74) is 12.4. The summed E-state index contributed by atoms with van der Waals surface area (Å²) >= 11 is 0. The number of allylic oxidation sites excluding steroid dienone is 3. The van der Waals surface area contributed by atoms with Crippen LogP contribution in [-0.4, -0.2) is 22.6 Å². The van der Waals surface area contributed by atoms with Crippen molar-refractivity contribution < 1.29 is 0 Å². The molecule has 0 aliphatic heterocycles. The van der Waals surface area contributed by atoms with Crippen molar-refractivity contribution in [2.45, 2.75) is 74.8 Å². The molecule has 0 saturated heterocycles. The molecule has 5 heteroatoms. The maximum Gasteiger partial charge on any atom is 0.223 e. The summed E-state index contributed by atoms with van der Waals surface area (Å²) in [4.78, 5) is 8.69. The van der Waals surface area contributed by atoms with Crippen molar-refractivity contribution >= 4 is 11.6 Å². The highest BCUT2D eigenvalue weighted by atomic mass is 15.1. The molecule has 1 aliphatic carbocycles. The Bertz CT molecular complexity index is 854. The Labute approximate surface area is 202 Å². The third kappa shape index (κ3) is 11.4. The van der Waals surface area contributed by atoms with Crippen molar-refractivity contribution in [3.8, 4) is 0 Å². The molecule has 0 spiro atoms. The van der Waals surface area contributed by atoms with E-state index in [2.05, 4.69) is 83.9 Å². The van der Waals surface area contributed by atoms with Crippen molar-refractivity contribution in [1.29, 1.82) is 0 Å². The van der Waals surface area contributed by atoms with Gasteiger partial charge < -0.3 is 16.4 Å². The summed E-state index contributed by atoms with van der Waals surface area (Å²) in [6.45, 7) is 19.0. The van der Waals surface area contributed by atoms with Gasteiger partial charge in [0.2, 0.25) is 5.95 Å². The van der Waals surface area contributed by atoms with Crippen molar-refractivity contribution in [2.24, 2.45) is 5.73 Å². The molecule has 0 amide bonds. The van der Waals surface area contributed by atoms with Gasteiger partial charge in [-0.1, -0.05) is 93.8 Å². The maximum atomic E-state index is 6.03. The first kappa shape index (κ1) is 29.9. The summed E-state index contributed by atoms with van der Waals surface area (Å²) in [7, 11) is 0. The third-order valence-electron chi connectivity index (χ3n) is 4.49. The largest absolute Gasteiger partial charge is 0.401 e. The normalized spacial score (nSPS) is 14.2. The molecule has 5 nitrogen and oxygen atoms in total. The van der Waals surface area contributed by atoms with Gasteiger partial charge in [0, 0.05) is 18.4 Å². The first-order valence-corrected chi connectivity index (χ1v) is 12.1. The average Bonchev–Trinajstić information content (AvgIpc) is 3.30. The van der Waals surface area contributed by atoms with Crippen LogP contribution in [-0.2, 0) is 0 Å². The Morgan fingerprint density at radius 1 is 0.970 bits per heavy atom. The fraction of sp³-hybridized carbons (Fsp3) is 0.429. The Kier molecular flexibility index (Phi) is 15.8. The van der Waals surface area contributed by atoms with Crippen molar-refractivity contribution in [3.05, 3.63) is 82.8 Å². The summed E-state index contributed by atoms with van der Waals surface area (Å²) in [6, 6.07) is 10.5. The predicted molar refractivity (Wildman–Crippen MR) is 146 cm³/mol. The monoisotopic (exact) mass is 451 g/mol. The lowest BCUT2D eigenvalue weighted by Crippen LogP contribution is -2.25. The second kappa shape index (κ2) is 17.5. The molecule has 1 aromatic heterocycles. The van der Waals surface area contributed by atoms with E-state index in [4.69, 9.17) is 5.73 Å². The van der Waals surface area contributed by atoms with E-state index in [9.17, 15) is 0 Å². The van der Waals surface area contributed by atoms with E-state index in [1.54, 1.807) is 6.20 Å². The molecule has 0 radical (unpaired) electrons. The molecule has 4 N–H and O–H groups in total. The first-order valence-electron chi connectivity index (χ1n) is 12.1. The molecule has 1 aromatic carbocycles. The van der Waals surface area contributed by atoms with Gasteiger partial charge in [0.15, 0.2) is 0 Å². The minimum atomic E-state index is 0.158. The Morgan fingerprint density at radius 2 is 1.55 bits per heavy atom. The second-order valence-corrected chi connectivity index (χ2v) is 7.13. The van der Waals surface area contributed by atoms with Crippen LogP contribution < -0.4 is 16.4 Å². The standard InChI is InChI=1S/C16H23N5.C8H10.2C2H6/c1-4-12-6-7-13(10-12)20-15(11(3)17)14-8-9-19-16(21-14)18-5-2;1-7-3-5-8(2)6-4-7;2*1-2/h6-10,13,20H,4-5,17H2,1-3H3,(H,18,19,21);3-6H,1-2H3;2*1-2H3/b15-11-;;;. The summed E-state index contributed by atoms with van der Waals surface area (Å²) < 4.78 is 0. The van der Waals surface area contributed by atoms with Gasteiger partial charge in [0.25, 0.3) is 0 Å². The smallest absolute Gasteiger partial charge is 0.223 e. The first-order chi connectivity index (χ1) is 15.9. The summed E-state index contributed by atoms with van der Waals surface area (Å²) in [5.74, 6) is 0.613. The maximum absolute atomic E-state index is 6.03. The van der Waals surface area contributed by atoms with Crippen molar-refractivity contribution in [1.82, 2.24) is 15.3 Å². The number of rotatable bonds is 6.